The van der Waals surface area contributed by atoms with Gasteiger partial charge in [-0.05, 0) is 135 Å². The molecule has 2 aromatic heterocycles. The topological polar surface area (TPSA) is 175 Å². The number of ether oxygens (including phenoxy) is 4. The quantitative estimate of drug-likeness (QED) is 0.125. The number of likely N-dealkylation sites (tertiary alicyclic amines) is 2. The molecule has 10 aliphatic rings. The molecule has 14 rings (SSSR count). The van der Waals surface area contributed by atoms with E-state index < -0.39 is 11.8 Å². The molecular weight excluding hydrogens is 991 g/mol. The molecule has 14 nitrogen and oxygen atoms in total. The van der Waals surface area contributed by atoms with Crippen molar-refractivity contribution in [2.75, 3.05) is 52.6 Å². The second kappa shape index (κ2) is 21.6. The molecule has 0 radical (unpaired) electrons. The lowest BCUT2D eigenvalue weighted by molar-refractivity contribution is -0.123. The number of nitrogens with zero attached hydrogens (tertiary/aromatic N) is 6. The molecule has 8 fully saturated rings. The van der Waals surface area contributed by atoms with Crippen LogP contribution in [-0.2, 0) is 65.8 Å². The molecule has 0 amide bonds. The Morgan fingerprint density at radius 3 is 1.38 bits per heavy atom. The maximum atomic E-state index is 15.3. The van der Waals surface area contributed by atoms with E-state index in [2.05, 4.69) is 54.7 Å². The number of Topliss-reactive ketones (excluding diaryl/α,β-unsaturated/α-hetero) is 2. The minimum absolute atomic E-state index is 0.0936. The summed E-state index contributed by atoms with van der Waals surface area (Å²) in [4.78, 5) is 40.0. The fourth-order valence-corrected chi connectivity index (χ4v) is 14.9. The van der Waals surface area contributed by atoms with Gasteiger partial charge < -0.3 is 29.6 Å². The number of hydrogen-bond donors (Lipinski definition) is 2. The first-order valence-electron chi connectivity index (χ1n) is 28.9. The van der Waals surface area contributed by atoms with E-state index in [0.29, 0.717) is 71.5 Å². The molecule has 8 aliphatic heterocycles. The van der Waals surface area contributed by atoms with Gasteiger partial charge in [-0.2, -0.15) is 10.5 Å². The monoisotopic (exact) mass is 1060 g/mol. The Hall–Kier alpha value is -5.40. The summed E-state index contributed by atoms with van der Waals surface area (Å²) < 4.78 is 54.1. The molecule has 16 heteroatoms. The molecule has 2 aromatic carbocycles. The minimum Gasteiger partial charge on any atom is -0.378 e. The highest BCUT2D eigenvalue weighted by molar-refractivity contribution is 5.86. The number of piperidine rings is 4. The number of nitrogens with one attached hydrogen (secondary N) is 2. The van der Waals surface area contributed by atoms with E-state index in [0.717, 1.165) is 139 Å². The second-order valence-electron chi connectivity index (χ2n) is 24.3. The van der Waals surface area contributed by atoms with Crippen LogP contribution in [0.5, 0.6) is 0 Å². The molecule has 408 valence electrons. The summed E-state index contributed by atoms with van der Waals surface area (Å²) in [5, 5.41) is 26.3. The maximum absolute atomic E-state index is 15.3. The smallest absolute Gasteiger partial charge is 0.151 e. The predicted octanol–water partition coefficient (Wildman–Crippen LogP) is 7.78. The van der Waals surface area contributed by atoms with Crippen molar-refractivity contribution < 1.29 is 37.3 Å². The van der Waals surface area contributed by atoms with Crippen molar-refractivity contribution in [2.24, 2.45) is 23.7 Å². The zero-order valence-corrected chi connectivity index (χ0v) is 44.4. The van der Waals surface area contributed by atoms with Crippen molar-refractivity contribution in [2.45, 2.75) is 151 Å². The SMILES string of the molecule is N#C[C@@H](CC(=O)C1N[C@@H]2CC[C@H]1C2)Cc1ccc(-c2cc3c(cn2)COC32CCN(C3COC3)CC2)cc1F.N#C[C@@H](CC(=O)C1N[C@@H]2CC[C@H]1C2)Cc1ccc(-c2cc3c(cn2)COC32CCN(C3COC3)CC2)cc1F. The Morgan fingerprint density at radius 2 is 1.05 bits per heavy atom. The average molecular weight is 1060 g/mol. The zero-order chi connectivity index (χ0) is 53.1. The minimum atomic E-state index is -0.536. The number of aromatic nitrogens is 2. The summed E-state index contributed by atoms with van der Waals surface area (Å²) in [5.41, 5.74) is 7.80. The standard InChI is InChI=1S/2C31H35FN4O3/c2*32-27-12-21(2-1-20(27)9-19(14-33)10-29(37)30-22-3-4-24(11-22)35-30)28-13-26-23(15-34-28)16-39-31(26)5-7-36(8-6-31)25-17-38-18-25/h2*1-2,12-13,15,19,22,24-25,30,35H,3-11,16-18H2/t2*19-,22+,24-,30?/m11/s1. The molecule has 78 heavy (non-hydrogen) atoms. The molecular formula is C62H70F2N8O6. The molecule has 2 N–H and O–H groups in total. The van der Waals surface area contributed by atoms with Crippen molar-refractivity contribution >= 4 is 11.6 Å². The van der Waals surface area contributed by atoms with E-state index in [1.165, 1.54) is 23.3 Å². The lowest BCUT2D eigenvalue weighted by Gasteiger charge is -2.45. The van der Waals surface area contributed by atoms with Crippen molar-refractivity contribution in [1.29, 1.82) is 10.5 Å². The van der Waals surface area contributed by atoms with Crippen LogP contribution < -0.4 is 10.6 Å². The van der Waals surface area contributed by atoms with E-state index in [9.17, 15) is 20.1 Å². The number of fused-ring (bicyclic) bond motifs is 8. The lowest BCUT2D eigenvalue weighted by Crippen LogP contribution is -2.54. The Kier molecular flexibility index (Phi) is 14.4. The van der Waals surface area contributed by atoms with Crippen LogP contribution in [0.4, 0.5) is 8.78 Å². The number of carbonyl (C=O) groups is 2. The first kappa shape index (κ1) is 52.0. The van der Waals surface area contributed by atoms with Gasteiger partial charge in [0, 0.05) is 85.8 Å². The summed E-state index contributed by atoms with van der Waals surface area (Å²) in [6.07, 6.45) is 14.8. The molecule has 2 aliphatic carbocycles. The van der Waals surface area contributed by atoms with Crippen LogP contribution in [-0.4, -0.2) is 120 Å². The summed E-state index contributed by atoms with van der Waals surface area (Å²) >= 11 is 0. The summed E-state index contributed by atoms with van der Waals surface area (Å²) in [6, 6.07) is 20.6. The van der Waals surface area contributed by atoms with E-state index in [-0.39, 0.29) is 72.2 Å². The van der Waals surface area contributed by atoms with E-state index in [1.807, 2.05) is 24.5 Å². The van der Waals surface area contributed by atoms with Crippen LogP contribution in [0.3, 0.4) is 0 Å². The third-order valence-corrected chi connectivity index (χ3v) is 19.8. The van der Waals surface area contributed by atoms with E-state index >= 15 is 8.78 Å². The van der Waals surface area contributed by atoms with Gasteiger partial charge in [0.1, 0.15) is 11.6 Å². The molecule has 4 bridgehead atoms. The largest absolute Gasteiger partial charge is 0.378 e. The number of rotatable bonds is 14. The van der Waals surface area contributed by atoms with Crippen LogP contribution in [0, 0.1) is 58.0 Å². The highest BCUT2D eigenvalue weighted by Gasteiger charge is 2.48. The highest BCUT2D eigenvalue weighted by atomic mass is 19.1. The van der Waals surface area contributed by atoms with Crippen LogP contribution >= 0.6 is 0 Å². The summed E-state index contributed by atoms with van der Waals surface area (Å²) in [5.74, 6) is -0.811. The average Bonchev–Trinajstić information content (AvgIpc) is 4.43. The molecule has 2 saturated carbocycles. The number of carbonyl (C=O) groups excluding carboxylic acids is 2. The molecule has 6 saturated heterocycles. The van der Waals surface area contributed by atoms with Gasteiger partial charge in [-0.25, -0.2) is 8.78 Å². The van der Waals surface area contributed by atoms with E-state index in [1.54, 1.807) is 12.1 Å². The van der Waals surface area contributed by atoms with E-state index in [4.69, 9.17) is 18.9 Å². The normalized spacial score (nSPS) is 28.3. The van der Waals surface area contributed by atoms with Gasteiger partial charge in [-0.15, -0.1) is 0 Å². The third kappa shape index (κ3) is 10.0. The summed E-state index contributed by atoms with van der Waals surface area (Å²) in [7, 11) is 0. The van der Waals surface area contributed by atoms with Crippen LogP contribution in [0.25, 0.3) is 22.5 Å². The van der Waals surface area contributed by atoms with Crippen molar-refractivity contribution in [3.05, 3.63) is 106 Å². The Balaban J connectivity index is 0.000000148. The Labute approximate surface area is 455 Å². The number of benzene rings is 2. The van der Waals surface area contributed by atoms with Crippen LogP contribution in [0.2, 0.25) is 0 Å². The van der Waals surface area contributed by atoms with Gasteiger partial charge in [0.15, 0.2) is 11.6 Å². The van der Waals surface area contributed by atoms with Crippen LogP contribution in [0.1, 0.15) is 110 Å². The number of halogens is 2. The van der Waals surface area contributed by atoms with Gasteiger partial charge >= 0.3 is 0 Å². The molecule has 2 unspecified atom stereocenters. The maximum Gasteiger partial charge on any atom is 0.151 e. The first-order chi connectivity index (χ1) is 38.0. The van der Waals surface area contributed by atoms with Crippen molar-refractivity contribution in [1.82, 2.24) is 30.4 Å². The first-order valence-corrected chi connectivity index (χ1v) is 28.9. The fraction of sp³-hybridized carbons (Fsp3) is 0.581. The van der Waals surface area contributed by atoms with Gasteiger partial charge in [-0.1, -0.05) is 24.3 Å². The van der Waals surface area contributed by atoms with Crippen molar-refractivity contribution in [3.8, 4) is 34.7 Å². The Bertz CT molecular complexity index is 2830. The second-order valence-corrected chi connectivity index (χ2v) is 24.3. The number of ketones is 2. The molecule has 2 spiro atoms. The van der Waals surface area contributed by atoms with Gasteiger partial charge in [0.25, 0.3) is 0 Å². The Morgan fingerprint density at radius 1 is 0.628 bits per heavy atom. The number of hydrogen-bond acceptors (Lipinski definition) is 14. The van der Waals surface area contributed by atoms with Crippen molar-refractivity contribution in [3.63, 3.8) is 0 Å². The van der Waals surface area contributed by atoms with Gasteiger partial charge in [0.2, 0.25) is 0 Å². The highest BCUT2D eigenvalue weighted by Crippen LogP contribution is 2.48. The number of nitriles is 2. The predicted molar refractivity (Wildman–Crippen MR) is 284 cm³/mol. The fourth-order valence-electron chi connectivity index (χ4n) is 14.9. The summed E-state index contributed by atoms with van der Waals surface area (Å²) in [6.45, 7) is 8.35. The molecule has 4 aromatic rings. The van der Waals surface area contributed by atoms with Gasteiger partial charge in [0.05, 0.1) is 110 Å². The number of pyridine rings is 2. The zero-order valence-electron chi connectivity index (χ0n) is 44.4. The molecule has 8 atom stereocenters. The van der Waals surface area contributed by atoms with Crippen LogP contribution in [0.15, 0.2) is 60.9 Å². The van der Waals surface area contributed by atoms with Gasteiger partial charge in [-0.3, -0.25) is 29.4 Å². The third-order valence-electron chi connectivity index (χ3n) is 19.8. The molecule has 10 heterocycles. The lowest BCUT2D eigenvalue weighted by atomic mass is 9.83.